The van der Waals surface area contributed by atoms with E-state index in [1.54, 1.807) is 7.11 Å². The minimum atomic E-state index is 0.311. The lowest BCUT2D eigenvalue weighted by Crippen LogP contribution is -2.30. The summed E-state index contributed by atoms with van der Waals surface area (Å²) in [4.78, 5) is 0. The molecule has 0 spiro atoms. The summed E-state index contributed by atoms with van der Waals surface area (Å²) in [7, 11) is 3.81. The number of methoxy groups -OCH3 is 1. The minimum absolute atomic E-state index is 0.311. The summed E-state index contributed by atoms with van der Waals surface area (Å²) in [6.07, 6.45) is 4.67. The first kappa shape index (κ1) is 14.4. The lowest BCUT2D eigenvalue weighted by Gasteiger charge is -2.19. The van der Waals surface area contributed by atoms with Crippen LogP contribution in [0.15, 0.2) is 18.2 Å². The maximum absolute atomic E-state index is 5.54. The maximum Gasteiger partial charge on any atom is 0.122 e. The average molecular weight is 263 g/mol. The van der Waals surface area contributed by atoms with Crippen molar-refractivity contribution < 1.29 is 9.47 Å². The zero-order valence-corrected chi connectivity index (χ0v) is 12.2. The summed E-state index contributed by atoms with van der Waals surface area (Å²) in [5.74, 6) is 1.07. The van der Waals surface area contributed by atoms with Gasteiger partial charge in [-0.1, -0.05) is 12.1 Å². The maximum atomic E-state index is 5.54. The second-order valence-corrected chi connectivity index (χ2v) is 5.35. The molecular weight excluding hydrogens is 238 g/mol. The third-order valence-corrected chi connectivity index (χ3v) is 3.96. The second-order valence-electron chi connectivity index (χ2n) is 5.35. The molecule has 1 aromatic carbocycles. The van der Waals surface area contributed by atoms with E-state index in [4.69, 9.17) is 9.47 Å². The Bertz CT molecular complexity index is 406. The number of fused-ring (bicyclic) bond motifs is 1. The number of hydrogen-bond acceptors (Lipinski definition) is 3. The molecule has 3 heteroatoms. The summed E-state index contributed by atoms with van der Waals surface area (Å²) in [5.41, 5.74) is 2.78. The van der Waals surface area contributed by atoms with E-state index in [0.29, 0.717) is 12.1 Å². The molecule has 3 nitrogen and oxygen atoms in total. The first-order valence-electron chi connectivity index (χ1n) is 7.17. The smallest absolute Gasteiger partial charge is 0.122 e. The van der Waals surface area contributed by atoms with Crippen LogP contribution in [0, 0.1) is 0 Å². The zero-order chi connectivity index (χ0) is 13.7. The Morgan fingerprint density at radius 1 is 1.42 bits per heavy atom. The van der Waals surface area contributed by atoms with Crippen molar-refractivity contribution in [3.05, 3.63) is 29.3 Å². The van der Waals surface area contributed by atoms with Gasteiger partial charge in [-0.2, -0.15) is 0 Å². The molecule has 2 rings (SSSR count). The number of ether oxygens (including phenoxy) is 2. The molecule has 106 valence electrons. The van der Waals surface area contributed by atoms with Crippen molar-refractivity contribution in [1.82, 2.24) is 5.32 Å². The van der Waals surface area contributed by atoms with Gasteiger partial charge in [-0.3, -0.25) is 0 Å². The number of aryl methyl sites for hydroxylation is 1. The molecule has 0 aromatic heterocycles. The lowest BCUT2D eigenvalue weighted by atomic mass is 9.99. The topological polar surface area (TPSA) is 30.5 Å². The van der Waals surface area contributed by atoms with Crippen LogP contribution in [0.4, 0.5) is 0 Å². The molecule has 1 heterocycles. The van der Waals surface area contributed by atoms with E-state index in [1.807, 2.05) is 7.05 Å². The molecule has 2 unspecified atom stereocenters. The largest absolute Gasteiger partial charge is 0.493 e. The van der Waals surface area contributed by atoms with Crippen molar-refractivity contribution in [2.24, 2.45) is 0 Å². The molecule has 0 fully saturated rings. The van der Waals surface area contributed by atoms with Crippen LogP contribution in [-0.2, 0) is 17.6 Å². The van der Waals surface area contributed by atoms with Gasteiger partial charge in [0.05, 0.1) is 12.7 Å². The van der Waals surface area contributed by atoms with Gasteiger partial charge < -0.3 is 14.8 Å². The first-order chi connectivity index (χ1) is 9.22. The third-order valence-electron chi connectivity index (χ3n) is 3.96. The van der Waals surface area contributed by atoms with E-state index in [-0.39, 0.29) is 0 Å². The molecule has 0 radical (unpaired) electrons. The Labute approximate surface area is 116 Å². The van der Waals surface area contributed by atoms with Crippen LogP contribution >= 0.6 is 0 Å². The SMILES string of the molecule is CNC(CCc1ccc2c(c1)CCO2)CC(C)OC. The number of rotatable bonds is 7. The highest BCUT2D eigenvalue weighted by molar-refractivity contribution is 5.39. The molecular formula is C16H25NO2. The van der Waals surface area contributed by atoms with Crippen LogP contribution < -0.4 is 10.1 Å². The van der Waals surface area contributed by atoms with Crippen LogP contribution in [0.5, 0.6) is 5.75 Å². The summed E-state index contributed by atoms with van der Waals surface area (Å²) < 4.78 is 10.9. The average Bonchev–Trinajstić information content (AvgIpc) is 2.90. The van der Waals surface area contributed by atoms with Crippen molar-refractivity contribution in [3.8, 4) is 5.75 Å². The number of hydrogen-bond donors (Lipinski definition) is 1. The highest BCUT2D eigenvalue weighted by Gasteiger charge is 2.14. The molecule has 1 aliphatic rings. The van der Waals surface area contributed by atoms with Gasteiger partial charge in [-0.15, -0.1) is 0 Å². The van der Waals surface area contributed by atoms with E-state index in [1.165, 1.54) is 11.1 Å². The second kappa shape index (κ2) is 6.92. The molecule has 19 heavy (non-hydrogen) atoms. The summed E-state index contributed by atoms with van der Waals surface area (Å²) in [6, 6.07) is 7.12. The van der Waals surface area contributed by atoms with Gasteiger partial charge in [-0.25, -0.2) is 0 Å². The fourth-order valence-electron chi connectivity index (χ4n) is 2.61. The van der Waals surface area contributed by atoms with Gasteiger partial charge in [-0.05, 0) is 50.4 Å². The van der Waals surface area contributed by atoms with Crippen LogP contribution in [-0.4, -0.2) is 32.9 Å². The summed E-state index contributed by atoms with van der Waals surface area (Å²) in [6.45, 7) is 2.96. The van der Waals surface area contributed by atoms with Crippen molar-refractivity contribution >= 4 is 0 Å². The van der Waals surface area contributed by atoms with Gasteiger partial charge in [0.1, 0.15) is 5.75 Å². The van der Waals surface area contributed by atoms with E-state index in [0.717, 1.165) is 38.0 Å². The normalized spacial score (nSPS) is 16.8. The van der Waals surface area contributed by atoms with Crippen molar-refractivity contribution in [2.75, 3.05) is 20.8 Å². The van der Waals surface area contributed by atoms with E-state index in [2.05, 4.69) is 30.4 Å². The quantitative estimate of drug-likeness (QED) is 0.820. The molecule has 1 N–H and O–H groups in total. The van der Waals surface area contributed by atoms with Gasteiger partial charge in [0.2, 0.25) is 0 Å². The van der Waals surface area contributed by atoms with Crippen molar-refractivity contribution in [2.45, 2.75) is 44.8 Å². The van der Waals surface area contributed by atoms with Crippen molar-refractivity contribution in [3.63, 3.8) is 0 Å². The molecule has 0 saturated heterocycles. The monoisotopic (exact) mass is 263 g/mol. The fraction of sp³-hybridized carbons (Fsp3) is 0.625. The first-order valence-corrected chi connectivity index (χ1v) is 7.17. The van der Waals surface area contributed by atoms with Gasteiger partial charge in [0, 0.05) is 19.6 Å². The van der Waals surface area contributed by atoms with Crippen LogP contribution in [0.25, 0.3) is 0 Å². The Morgan fingerprint density at radius 2 is 2.26 bits per heavy atom. The van der Waals surface area contributed by atoms with Gasteiger partial charge in [0.25, 0.3) is 0 Å². The molecule has 0 bridgehead atoms. The van der Waals surface area contributed by atoms with E-state index < -0.39 is 0 Å². The zero-order valence-electron chi connectivity index (χ0n) is 12.2. The lowest BCUT2D eigenvalue weighted by molar-refractivity contribution is 0.100. The van der Waals surface area contributed by atoms with Crippen LogP contribution in [0.3, 0.4) is 0 Å². The molecule has 0 aliphatic carbocycles. The number of nitrogens with one attached hydrogen (secondary N) is 1. The molecule has 2 atom stereocenters. The summed E-state index contributed by atoms with van der Waals surface area (Å²) in [5, 5.41) is 3.39. The third kappa shape index (κ3) is 3.95. The Kier molecular flexibility index (Phi) is 5.23. The minimum Gasteiger partial charge on any atom is -0.493 e. The number of benzene rings is 1. The predicted octanol–water partition coefficient (Wildman–Crippen LogP) is 2.57. The van der Waals surface area contributed by atoms with Crippen LogP contribution in [0.2, 0.25) is 0 Å². The van der Waals surface area contributed by atoms with Crippen LogP contribution in [0.1, 0.15) is 30.9 Å². The summed E-state index contributed by atoms with van der Waals surface area (Å²) >= 11 is 0. The molecule has 0 saturated carbocycles. The Balaban J connectivity index is 1.87. The Hall–Kier alpha value is -1.06. The standard InChI is InChI=1S/C16H25NO2/c1-12(18-3)10-15(17-2)6-4-13-5-7-16-14(11-13)8-9-19-16/h5,7,11-12,15,17H,4,6,8-10H2,1-3H3. The fourth-order valence-corrected chi connectivity index (χ4v) is 2.61. The highest BCUT2D eigenvalue weighted by Crippen LogP contribution is 2.26. The van der Waals surface area contributed by atoms with E-state index >= 15 is 0 Å². The van der Waals surface area contributed by atoms with Gasteiger partial charge >= 0.3 is 0 Å². The molecule has 1 aliphatic heterocycles. The Morgan fingerprint density at radius 3 is 3.00 bits per heavy atom. The highest BCUT2D eigenvalue weighted by atomic mass is 16.5. The van der Waals surface area contributed by atoms with Crippen molar-refractivity contribution in [1.29, 1.82) is 0 Å². The van der Waals surface area contributed by atoms with E-state index in [9.17, 15) is 0 Å². The molecule has 0 amide bonds. The predicted molar refractivity (Wildman–Crippen MR) is 77.9 cm³/mol. The van der Waals surface area contributed by atoms with Gasteiger partial charge in [0.15, 0.2) is 0 Å². The molecule has 1 aromatic rings.